The molecular weight excluding hydrogens is 386 g/mol. The molecule has 8 heteroatoms. The molecule has 1 N–H and O–H groups in total. The number of aliphatic hydroxyl groups excluding tert-OH is 1. The van der Waals surface area contributed by atoms with Crippen molar-refractivity contribution in [2.24, 2.45) is 0 Å². The van der Waals surface area contributed by atoms with Gasteiger partial charge in [-0.25, -0.2) is 4.98 Å². The number of carbonyl (C=O) groups is 2. The van der Waals surface area contributed by atoms with E-state index >= 15 is 0 Å². The van der Waals surface area contributed by atoms with E-state index in [1.165, 1.54) is 17.2 Å². The molecule has 3 aromatic rings. The lowest BCUT2D eigenvalue weighted by atomic mass is 9.95. The van der Waals surface area contributed by atoms with Gasteiger partial charge in [0.2, 0.25) is 5.78 Å². The Morgan fingerprint density at radius 1 is 1.23 bits per heavy atom. The van der Waals surface area contributed by atoms with Crippen LogP contribution in [0.15, 0.2) is 77.1 Å². The first-order valence-electron chi connectivity index (χ1n) is 9.52. The molecule has 0 spiro atoms. The number of hydrogen-bond acceptors (Lipinski definition) is 6. The van der Waals surface area contributed by atoms with E-state index in [2.05, 4.69) is 4.98 Å². The second-order valence-corrected chi connectivity index (χ2v) is 6.90. The van der Waals surface area contributed by atoms with Gasteiger partial charge in [-0.15, -0.1) is 0 Å². The van der Waals surface area contributed by atoms with Crippen LogP contribution in [0.5, 0.6) is 5.75 Å². The molecule has 1 atom stereocenters. The number of imidazole rings is 1. The summed E-state index contributed by atoms with van der Waals surface area (Å²) in [4.78, 5) is 31.5. The highest BCUT2D eigenvalue weighted by Gasteiger charge is 2.44. The number of benzene rings is 1. The lowest BCUT2D eigenvalue weighted by Crippen LogP contribution is -2.32. The van der Waals surface area contributed by atoms with E-state index in [0.717, 1.165) is 0 Å². The molecule has 1 aromatic carbocycles. The van der Waals surface area contributed by atoms with Crippen LogP contribution in [0.3, 0.4) is 0 Å². The summed E-state index contributed by atoms with van der Waals surface area (Å²) in [5, 5.41) is 10.6. The number of carbonyl (C=O) groups excluding carboxylic acids is 2. The highest BCUT2D eigenvalue weighted by molar-refractivity contribution is 6.15. The van der Waals surface area contributed by atoms with Crippen LogP contribution in [-0.4, -0.2) is 44.9 Å². The quantitative estimate of drug-likeness (QED) is 0.576. The molecule has 154 valence electrons. The summed E-state index contributed by atoms with van der Waals surface area (Å²) < 4.78 is 12.3. The number of methoxy groups -OCH3 is 1. The van der Waals surface area contributed by atoms with E-state index in [4.69, 9.17) is 9.15 Å². The molecule has 0 fully saturated rings. The summed E-state index contributed by atoms with van der Waals surface area (Å²) in [6, 6.07) is 9.47. The van der Waals surface area contributed by atoms with Gasteiger partial charge < -0.3 is 23.7 Å². The molecule has 0 radical (unpaired) electrons. The van der Waals surface area contributed by atoms with Gasteiger partial charge in [0.1, 0.15) is 5.75 Å². The summed E-state index contributed by atoms with van der Waals surface area (Å²) in [6.07, 6.45) is 7.24. The molecule has 0 saturated carbocycles. The minimum Gasteiger partial charge on any atom is -0.503 e. The summed E-state index contributed by atoms with van der Waals surface area (Å²) in [5.41, 5.74) is 0.716. The molecular formula is C22H21N3O5. The van der Waals surface area contributed by atoms with E-state index < -0.39 is 23.5 Å². The topological polar surface area (TPSA) is 97.8 Å². The van der Waals surface area contributed by atoms with Crippen LogP contribution in [-0.2, 0) is 11.3 Å². The van der Waals surface area contributed by atoms with E-state index in [9.17, 15) is 14.7 Å². The van der Waals surface area contributed by atoms with Gasteiger partial charge in [-0.1, -0.05) is 12.1 Å². The van der Waals surface area contributed by atoms with Gasteiger partial charge in [-0.05, 0) is 36.2 Å². The number of ketones is 1. The van der Waals surface area contributed by atoms with Gasteiger partial charge in [0.05, 0.1) is 31.3 Å². The third-order valence-electron chi connectivity index (χ3n) is 5.10. The molecule has 8 nitrogen and oxygen atoms in total. The van der Waals surface area contributed by atoms with Crippen LogP contribution in [0, 0.1) is 0 Å². The van der Waals surface area contributed by atoms with Crippen molar-refractivity contribution in [3.63, 3.8) is 0 Å². The Morgan fingerprint density at radius 2 is 2.03 bits per heavy atom. The molecule has 2 aromatic heterocycles. The number of aromatic nitrogens is 2. The molecule has 0 bridgehead atoms. The highest BCUT2D eigenvalue weighted by Crippen LogP contribution is 2.39. The number of ether oxygens (including phenoxy) is 1. The molecule has 3 heterocycles. The Hall–Kier alpha value is -3.81. The average molecular weight is 407 g/mol. The molecule has 30 heavy (non-hydrogen) atoms. The standard InChI is InChI=1S/C22H21N3O5/c1-29-16-7-5-15(6-8-16)19-18(20(26)17-4-2-13-30-17)21(27)22(28)25(19)11-3-10-24-12-9-23-14-24/h2,4-9,12-14,19,27H,3,10-11H2,1H3/t19-/m1/s1. The fourth-order valence-electron chi connectivity index (χ4n) is 3.63. The number of rotatable bonds is 8. The third-order valence-corrected chi connectivity index (χ3v) is 5.10. The molecule has 1 aliphatic heterocycles. The smallest absolute Gasteiger partial charge is 0.290 e. The molecule has 1 amide bonds. The maximum absolute atomic E-state index is 13.0. The third kappa shape index (κ3) is 3.59. The van der Waals surface area contributed by atoms with Crippen LogP contribution in [0.1, 0.15) is 28.6 Å². The monoisotopic (exact) mass is 407 g/mol. The van der Waals surface area contributed by atoms with Crippen LogP contribution in [0.25, 0.3) is 0 Å². The van der Waals surface area contributed by atoms with Crippen molar-refractivity contribution in [1.82, 2.24) is 14.5 Å². The van der Waals surface area contributed by atoms with Gasteiger partial charge >= 0.3 is 0 Å². The molecule has 4 rings (SSSR count). The average Bonchev–Trinajstić information content (AvgIpc) is 3.52. The number of nitrogens with zero attached hydrogens (tertiary/aromatic N) is 3. The summed E-state index contributed by atoms with van der Waals surface area (Å²) in [5.74, 6) is -0.898. The molecule has 0 saturated heterocycles. The van der Waals surface area contributed by atoms with Crippen LogP contribution in [0.2, 0.25) is 0 Å². The lowest BCUT2D eigenvalue weighted by Gasteiger charge is -2.27. The molecule has 0 aliphatic carbocycles. The number of aryl methyl sites for hydroxylation is 1. The first kappa shape index (κ1) is 19.5. The van der Waals surface area contributed by atoms with Crippen molar-refractivity contribution >= 4 is 11.7 Å². The van der Waals surface area contributed by atoms with Gasteiger partial charge in [0, 0.05) is 25.5 Å². The Morgan fingerprint density at radius 3 is 2.67 bits per heavy atom. The van der Waals surface area contributed by atoms with Gasteiger partial charge in [0.25, 0.3) is 5.91 Å². The number of hydrogen-bond donors (Lipinski definition) is 1. The van der Waals surface area contributed by atoms with Crippen LogP contribution in [0.4, 0.5) is 0 Å². The Kier molecular flexibility index (Phi) is 5.38. The Bertz CT molecular complexity index is 1050. The second kappa shape index (κ2) is 8.28. The minimum absolute atomic E-state index is 0.0164. The van der Waals surface area contributed by atoms with E-state index in [1.807, 2.05) is 10.8 Å². The number of furan rings is 1. The Labute approximate surface area is 173 Å². The van der Waals surface area contributed by atoms with Crippen LogP contribution < -0.4 is 4.74 Å². The van der Waals surface area contributed by atoms with E-state index in [0.29, 0.717) is 30.8 Å². The summed E-state index contributed by atoms with van der Waals surface area (Å²) >= 11 is 0. The fourth-order valence-corrected chi connectivity index (χ4v) is 3.63. The number of amides is 1. The van der Waals surface area contributed by atoms with Crippen molar-refractivity contribution in [3.05, 3.63) is 84.0 Å². The maximum Gasteiger partial charge on any atom is 0.290 e. The van der Waals surface area contributed by atoms with E-state index in [1.54, 1.807) is 50.0 Å². The van der Waals surface area contributed by atoms with Crippen molar-refractivity contribution in [2.45, 2.75) is 19.0 Å². The van der Waals surface area contributed by atoms with Crippen molar-refractivity contribution < 1.29 is 23.8 Å². The highest BCUT2D eigenvalue weighted by atomic mass is 16.5. The summed E-state index contributed by atoms with van der Waals surface area (Å²) in [6.45, 7) is 1.01. The van der Waals surface area contributed by atoms with Gasteiger partial charge in [-0.3, -0.25) is 9.59 Å². The number of aliphatic hydroxyl groups is 1. The van der Waals surface area contributed by atoms with E-state index in [-0.39, 0.29) is 11.3 Å². The SMILES string of the molecule is COc1ccc([C@@H]2C(C(=O)c3ccco3)=C(O)C(=O)N2CCCn2ccnc2)cc1. The molecule has 0 unspecified atom stereocenters. The maximum atomic E-state index is 13.0. The van der Waals surface area contributed by atoms with Crippen LogP contribution >= 0.6 is 0 Å². The fraction of sp³-hybridized carbons (Fsp3) is 0.227. The first-order valence-corrected chi connectivity index (χ1v) is 9.52. The predicted octanol–water partition coefficient (Wildman–Crippen LogP) is 3.15. The van der Waals surface area contributed by atoms with Crippen molar-refractivity contribution in [1.29, 1.82) is 0 Å². The predicted molar refractivity (Wildman–Crippen MR) is 107 cm³/mol. The zero-order valence-corrected chi connectivity index (χ0v) is 16.4. The van der Waals surface area contributed by atoms with Gasteiger partial charge in [0.15, 0.2) is 11.5 Å². The van der Waals surface area contributed by atoms with Crippen molar-refractivity contribution in [2.75, 3.05) is 13.7 Å². The van der Waals surface area contributed by atoms with Crippen molar-refractivity contribution in [3.8, 4) is 5.75 Å². The zero-order chi connectivity index (χ0) is 21.1. The second-order valence-electron chi connectivity index (χ2n) is 6.90. The normalized spacial score (nSPS) is 16.4. The van der Waals surface area contributed by atoms with Gasteiger partial charge in [-0.2, -0.15) is 0 Å². The lowest BCUT2D eigenvalue weighted by molar-refractivity contribution is -0.129. The zero-order valence-electron chi connectivity index (χ0n) is 16.4. The Balaban J connectivity index is 1.66. The number of Topliss-reactive ketones (excluding diaryl/α,β-unsaturated/α-hetero) is 1. The largest absolute Gasteiger partial charge is 0.503 e. The minimum atomic E-state index is -0.719. The summed E-state index contributed by atoms with van der Waals surface area (Å²) in [7, 11) is 1.56. The first-order chi connectivity index (χ1) is 14.6. The molecule has 1 aliphatic rings.